The maximum absolute atomic E-state index is 12.0. The standard InChI is InChI=1S/C12H10IN3O3/c1-15-10(5-6-11(15)16(18)19)12(17)14-9-4-2-3-8(13)7-9/h2-7H,1H3,(H,14,17). The first kappa shape index (κ1) is 13.5. The molecule has 1 heterocycles. The molecular formula is C12H10IN3O3. The highest BCUT2D eigenvalue weighted by Crippen LogP contribution is 2.17. The molecule has 1 N–H and O–H groups in total. The number of nitrogens with one attached hydrogen (secondary N) is 1. The Labute approximate surface area is 122 Å². The van der Waals surface area contributed by atoms with Gasteiger partial charge in [-0.1, -0.05) is 6.07 Å². The van der Waals surface area contributed by atoms with Gasteiger partial charge in [0.1, 0.15) is 0 Å². The number of nitro groups is 1. The molecule has 1 amide bonds. The minimum absolute atomic E-state index is 0.118. The first-order chi connectivity index (χ1) is 8.99. The van der Waals surface area contributed by atoms with Crippen LogP contribution in [0.5, 0.6) is 0 Å². The molecule has 0 aliphatic heterocycles. The van der Waals surface area contributed by atoms with Gasteiger partial charge in [-0.25, -0.2) is 4.57 Å². The number of amides is 1. The Morgan fingerprint density at radius 1 is 1.37 bits per heavy atom. The van der Waals surface area contributed by atoms with Crippen LogP contribution in [0.4, 0.5) is 11.5 Å². The van der Waals surface area contributed by atoms with Gasteiger partial charge in [0.2, 0.25) is 0 Å². The summed E-state index contributed by atoms with van der Waals surface area (Å²) in [4.78, 5) is 22.2. The molecule has 7 heteroatoms. The minimum atomic E-state index is -0.526. The fourth-order valence-corrected chi connectivity index (χ4v) is 2.22. The van der Waals surface area contributed by atoms with Crippen molar-refractivity contribution >= 4 is 40.0 Å². The van der Waals surface area contributed by atoms with Gasteiger partial charge in [0.15, 0.2) is 5.69 Å². The Morgan fingerprint density at radius 2 is 2.11 bits per heavy atom. The van der Waals surface area contributed by atoms with Crippen molar-refractivity contribution in [3.8, 4) is 0 Å². The van der Waals surface area contributed by atoms with Crippen LogP contribution >= 0.6 is 22.6 Å². The van der Waals surface area contributed by atoms with Gasteiger partial charge < -0.3 is 15.4 Å². The van der Waals surface area contributed by atoms with Crippen LogP contribution in [0.2, 0.25) is 0 Å². The molecule has 2 aromatic rings. The van der Waals surface area contributed by atoms with Crippen LogP contribution in [-0.4, -0.2) is 15.4 Å². The molecule has 0 radical (unpaired) electrons. The van der Waals surface area contributed by atoms with E-state index in [-0.39, 0.29) is 17.4 Å². The van der Waals surface area contributed by atoms with E-state index in [2.05, 4.69) is 27.9 Å². The number of anilines is 1. The lowest BCUT2D eigenvalue weighted by molar-refractivity contribution is -0.391. The third-order valence-corrected chi connectivity index (χ3v) is 3.27. The molecule has 0 saturated carbocycles. The Bertz CT molecular complexity index is 651. The van der Waals surface area contributed by atoms with E-state index in [0.29, 0.717) is 5.69 Å². The summed E-state index contributed by atoms with van der Waals surface area (Å²) in [5, 5.41) is 13.4. The highest BCUT2D eigenvalue weighted by atomic mass is 127. The van der Waals surface area contributed by atoms with E-state index in [9.17, 15) is 14.9 Å². The Morgan fingerprint density at radius 3 is 2.68 bits per heavy atom. The molecule has 19 heavy (non-hydrogen) atoms. The van der Waals surface area contributed by atoms with Crippen LogP contribution in [0.15, 0.2) is 36.4 Å². The fraction of sp³-hybridized carbons (Fsp3) is 0.0833. The van der Waals surface area contributed by atoms with Gasteiger partial charge in [-0.05, 0) is 51.8 Å². The number of hydrogen-bond acceptors (Lipinski definition) is 3. The third-order valence-electron chi connectivity index (χ3n) is 2.60. The summed E-state index contributed by atoms with van der Waals surface area (Å²) in [6.45, 7) is 0. The lowest BCUT2D eigenvalue weighted by Gasteiger charge is -2.04. The zero-order chi connectivity index (χ0) is 14.0. The highest BCUT2D eigenvalue weighted by Gasteiger charge is 2.20. The van der Waals surface area contributed by atoms with Crippen molar-refractivity contribution in [2.45, 2.75) is 0 Å². The van der Waals surface area contributed by atoms with Crippen molar-refractivity contribution in [1.82, 2.24) is 4.57 Å². The predicted octanol–water partition coefficient (Wildman–Crippen LogP) is 2.79. The summed E-state index contributed by atoms with van der Waals surface area (Å²) in [5.74, 6) is -0.495. The number of hydrogen-bond donors (Lipinski definition) is 1. The van der Waals surface area contributed by atoms with E-state index < -0.39 is 4.92 Å². The van der Waals surface area contributed by atoms with E-state index in [1.54, 1.807) is 6.07 Å². The van der Waals surface area contributed by atoms with E-state index in [0.717, 1.165) is 3.57 Å². The van der Waals surface area contributed by atoms with E-state index in [1.807, 2.05) is 18.2 Å². The van der Waals surface area contributed by atoms with Gasteiger partial charge >= 0.3 is 5.82 Å². The molecule has 0 fully saturated rings. The second-order valence-electron chi connectivity index (χ2n) is 3.86. The van der Waals surface area contributed by atoms with Crippen molar-refractivity contribution in [3.63, 3.8) is 0 Å². The topological polar surface area (TPSA) is 77.2 Å². The molecular weight excluding hydrogens is 361 g/mol. The molecule has 0 atom stereocenters. The van der Waals surface area contributed by atoms with E-state index in [4.69, 9.17) is 0 Å². The van der Waals surface area contributed by atoms with Gasteiger partial charge in [-0.15, -0.1) is 0 Å². The van der Waals surface area contributed by atoms with Crippen LogP contribution in [0.25, 0.3) is 0 Å². The summed E-state index contributed by atoms with van der Waals surface area (Å²) in [5.41, 5.74) is 0.895. The molecule has 0 bridgehead atoms. The number of nitrogens with zero attached hydrogens (tertiary/aromatic N) is 2. The summed E-state index contributed by atoms with van der Waals surface area (Å²) in [7, 11) is 1.49. The summed E-state index contributed by atoms with van der Waals surface area (Å²) < 4.78 is 2.25. The largest absolute Gasteiger partial charge is 0.358 e. The van der Waals surface area contributed by atoms with Crippen LogP contribution in [-0.2, 0) is 7.05 Å². The van der Waals surface area contributed by atoms with Crippen molar-refractivity contribution in [3.05, 3.63) is 55.8 Å². The molecule has 0 spiro atoms. The van der Waals surface area contributed by atoms with Gasteiger partial charge in [-0.2, -0.15) is 0 Å². The van der Waals surface area contributed by atoms with Crippen LogP contribution in [0, 0.1) is 13.7 Å². The lowest BCUT2D eigenvalue weighted by atomic mass is 10.3. The normalized spacial score (nSPS) is 10.2. The summed E-state index contributed by atoms with van der Waals surface area (Å²) >= 11 is 2.14. The summed E-state index contributed by atoms with van der Waals surface area (Å²) in [6, 6.07) is 10.0. The molecule has 6 nitrogen and oxygen atoms in total. The van der Waals surface area contributed by atoms with Gasteiger partial charge in [0.25, 0.3) is 5.91 Å². The van der Waals surface area contributed by atoms with Crippen molar-refractivity contribution in [2.75, 3.05) is 5.32 Å². The Balaban J connectivity index is 2.23. The average molecular weight is 371 g/mol. The second kappa shape index (κ2) is 5.39. The molecule has 1 aromatic heterocycles. The SMILES string of the molecule is Cn1c(C(=O)Nc2cccc(I)c2)ccc1[N+](=O)[O-]. The van der Waals surface area contributed by atoms with E-state index in [1.165, 1.54) is 23.7 Å². The maximum atomic E-state index is 12.0. The van der Waals surface area contributed by atoms with Crippen LogP contribution in [0.3, 0.4) is 0 Å². The number of carbonyl (C=O) groups excluding carboxylic acids is 1. The molecule has 98 valence electrons. The minimum Gasteiger partial charge on any atom is -0.358 e. The van der Waals surface area contributed by atoms with Crippen LogP contribution < -0.4 is 5.32 Å². The van der Waals surface area contributed by atoms with Crippen LogP contribution in [0.1, 0.15) is 10.5 Å². The summed E-state index contributed by atoms with van der Waals surface area (Å²) in [6.07, 6.45) is 0. The quantitative estimate of drug-likeness (QED) is 0.512. The number of benzene rings is 1. The third kappa shape index (κ3) is 2.92. The van der Waals surface area contributed by atoms with Gasteiger partial charge in [-0.3, -0.25) is 4.79 Å². The van der Waals surface area contributed by atoms with Crippen molar-refractivity contribution in [1.29, 1.82) is 0 Å². The number of halogens is 1. The number of rotatable bonds is 3. The lowest BCUT2D eigenvalue weighted by Crippen LogP contribution is -2.16. The first-order valence-corrected chi connectivity index (χ1v) is 6.44. The first-order valence-electron chi connectivity index (χ1n) is 5.36. The number of aromatic nitrogens is 1. The fourth-order valence-electron chi connectivity index (χ4n) is 1.67. The van der Waals surface area contributed by atoms with Crippen molar-refractivity contribution < 1.29 is 9.72 Å². The molecule has 1 aromatic carbocycles. The van der Waals surface area contributed by atoms with Gasteiger partial charge in [0.05, 0.1) is 7.05 Å². The molecule has 0 unspecified atom stereocenters. The zero-order valence-electron chi connectivity index (χ0n) is 9.96. The smallest absolute Gasteiger partial charge is 0.323 e. The molecule has 2 rings (SSSR count). The number of carbonyl (C=O) groups is 1. The molecule has 0 aliphatic rings. The maximum Gasteiger partial charge on any atom is 0.323 e. The average Bonchev–Trinajstić information content (AvgIpc) is 2.71. The zero-order valence-corrected chi connectivity index (χ0v) is 12.1. The highest BCUT2D eigenvalue weighted by molar-refractivity contribution is 14.1. The second-order valence-corrected chi connectivity index (χ2v) is 5.10. The van der Waals surface area contributed by atoms with Gasteiger partial charge in [0, 0.05) is 15.3 Å². The van der Waals surface area contributed by atoms with Crippen molar-refractivity contribution in [2.24, 2.45) is 7.05 Å². The predicted molar refractivity (Wildman–Crippen MR) is 79.2 cm³/mol. The Kier molecular flexibility index (Phi) is 3.84. The molecule has 0 saturated heterocycles. The Hall–Kier alpha value is -1.90. The van der Waals surface area contributed by atoms with E-state index >= 15 is 0 Å². The molecule has 0 aliphatic carbocycles. The monoisotopic (exact) mass is 371 g/mol.